The molecular formula is C16H17Cl2NO3. The Hall–Kier alpha value is -1.26. The number of esters is 1. The van der Waals surface area contributed by atoms with Gasteiger partial charge >= 0.3 is 5.97 Å². The zero-order valence-electron chi connectivity index (χ0n) is 12.3. The number of halogens is 2. The average Bonchev–Trinajstić information content (AvgIpc) is 3.03. The van der Waals surface area contributed by atoms with Gasteiger partial charge in [-0.2, -0.15) is 0 Å². The molecule has 6 heteroatoms. The topological polar surface area (TPSA) is 46.6 Å². The molecule has 1 aromatic carbocycles. The maximum atomic E-state index is 12.4. The van der Waals surface area contributed by atoms with E-state index >= 15 is 0 Å². The van der Waals surface area contributed by atoms with E-state index < -0.39 is 15.7 Å². The van der Waals surface area contributed by atoms with Gasteiger partial charge in [-0.3, -0.25) is 9.59 Å². The van der Waals surface area contributed by atoms with E-state index in [9.17, 15) is 9.59 Å². The third-order valence-electron chi connectivity index (χ3n) is 4.45. The second-order valence-corrected chi connectivity index (χ2v) is 7.55. The number of para-hydroxylation sites is 1. The lowest BCUT2D eigenvalue weighted by atomic mass is 10.0. The number of amides is 1. The van der Waals surface area contributed by atoms with Gasteiger partial charge in [0, 0.05) is 18.7 Å². The van der Waals surface area contributed by atoms with Gasteiger partial charge in [-0.05, 0) is 31.4 Å². The van der Waals surface area contributed by atoms with Crippen LogP contribution in [0.1, 0.15) is 25.3 Å². The van der Waals surface area contributed by atoms with Crippen molar-refractivity contribution in [2.24, 2.45) is 5.41 Å². The highest BCUT2D eigenvalue weighted by Crippen LogP contribution is 2.64. The van der Waals surface area contributed by atoms with E-state index in [0.717, 1.165) is 24.1 Å². The first-order valence-electron chi connectivity index (χ1n) is 7.28. The Labute approximate surface area is 139 Å². The summed E-state index contributed by atoms with van der Waals surface area (Å²) in [6.45, 7) is 2.00. The van der Waals surface area contributed by atoms with Crippen molar-refractivity contribution < 1.29 is 14.3 Å². The number of rotatable bonds is 3. The van der Waals surface area contributed by atoms with Crippen molar-refractivity contribution >= 4 is 40.8 Å². The van der Waals surface area contributed by atoms with E-state index in [0.29, 0.717) is 13.0 Å². The number of nitrogens with zero attached hydrogens (tertiary/aromatic N) is 1. The van der Waals surface area contributed by atoms with Crippen molar-refractivity contribution in [2.75, 3.05) is 18.1 Å². The Morgan fingerprint density at radius 1 is 1.32 bits per heavy atom. The lowest BCUT2D eigenvalue weighted by Gasteiger charge is -2.29. The van der Waals surface area contributed by atoms with Crippen LogP contribution in [-0.2, 0) is 20.7 Å². The number of carbonyl (C=O) groups excluding carboxylic acids is 2. The van der Waals surface area contributed by atoms with Crippen molar-refractivity contribution in [2.45, 2.75) is 30.5 Å². The second kappa shape index (κ2) is 5.43. The molecule has 3 rings (SSSR count). The van der Waals surface area contributed by atoms with Crippen LogP contribution in [0.4, 0.5) is 5.69 Å². The predicted octanol–water partition coefficient (Wildman–Crippen LogP) is 3.09. The molecule has 1 aromatic rings. The maximum absolute atomic E-state index is 12.4. The lowest BCUT2D eigenvalue weighted by molar-refractivity contribution is -0.153. The third kappa shape index (κ3) is 2.59. The van der Waals surface area contributed by atoms with Crippen molar-refractivity contribution in [3.63, 3.8) is 0 Å². The van der Waals surface area contributed by atoms with Crippen molar-refractivity contribution in [3.8, 4) is 0 Å². The van der Waals surface area contributed by atoms with Crippen LogP contribution in [0, 0.1) is 5.41 Å². The van der Waals surface area contributed by atoms with Crippen LogP contribution in [0.5, 0.6) is 0 Å². The zero-order chi connectivity index (χ0) is 16.0. The van der Waals surface area contributed by atoms with Gasteiger partial charge in [-0.15, -0.1) is 23.2 Å². The molecular weight excluding hydrogens is 325 g/mol. The van der Waals surface area contributed by atoms with Crippen LogP contribution in [0.2, 0.25) is 0 Å². The molecule has 1 aliphatic carbocycles. The quantitative estimate of drug-likeness (QED) is 0.626. The summed E-state index contributed by atoms with van der Waals surface area (Å²) < 4.78 is 4.06. The van der Waals surface area contributed by atoms with Crippen LogP contribution in [0.15, 0.2) is 24.3 Å². The standard InChI is InChI=1S/C16H17Cl2NO3/c1-15(10-16(15,17)18)14(21)22-9-13(20)19-8-4-6-11-5-2-3-7-12(11)19/h2-3,5,7H,4,6,8-10H2,1H3. The minimum Gasteiger partial charge on any atom is -0.455 e. The molecule has 4 nitrogen and oxygen atoms in total. The molecule has 2 aliphatic rings. The van der Waals surface area contributed by atoms with E-state index in [1.54, 1.807) is 11.8 Å². The monoisotopic (exact) mass is 341 g/mol. The maximum Gasteiger partial charge on any atom is 0.315 e. The first kappa shape index (κ1) is 15.6. The smallest absolute Gasteiger partial charge is 0.315 e. The van der Waals surface area contributed by atoms with E-state index in [1.165, 1.54) is 0 Å². The van der Waals surface area contributed by atoms with Crippen LogP contribution in [0.3, 0.4) is 0 Å². The van der Waals surface area contributed by atoms with Gasteiger partial charge in [0.15, 0.2) is 6.61 Å². The number of carbonyl (C=O) groups is 2. The minimum atomic E-state index is -1.08. The summed E-state index contributed by atoms with van der Waals surface area (Å²) >= 11 is 11.9. The molecule has 1 unspecified atom stereocenters. The Morgan fingerprint density at radius 3 is 2.68 bits per heavy atom. The molecule has 1 amide bonds. The van der Waals surface area contributed by atoms with Gasteiger partial charge in [0.2, 0.25) is 0 Å². The molecule has 0 radical (unpaired) electrons. The summed E-state index contributed by atoms with van der Waals surface area (Å²) in [5, 5.41) is 0. The van der Waals surface area contributed by atoms with Gasteiger partial charge in [-0.25, -0.2) is 0 Å². The van der Waals surface area contributed by atoms with Crippen LogP contribution < -0.4 is 4.90 Å². The summed E-state index contributed by atoms with van der Waals surface area (Å²) in [7, 11) is 0. The number of alkyl halides is 2. The number of aryl methyl sites for hydroxylation is 1. The summed E-state index contributed by atoms with van der Waals surface area (Å²) in [5.41, 5.74) is 1.13. The van der Waals surface area contributed by atoms with Crippen LogP contribution >= 0.6 is 23.2 Å². The Kier molecular flexibility index (Phi) is 3.86. The second-order valence-electron chi connectivity index (χ2n) is 6.07. The van der Waals surface area contributed by atoms with Gasteiger partial charge in [0.25, 0.3) is 5.91 Å². The summed E-state index contributed by atoms with van der Waals surface area (Å²) in [6.07, 6.45) is 2.21. The molecule has 1 fully saturated rings. The molecule has 1 aliphatic heterocycles. The minimum absolute atomic E-state index is 0.223. The highest BCUT2D eigenvalue weighted by atomic mass is 35.5. The predicted molar refractivity (Wildman–Crippen MR) is 85.2 cm³/mol. The van der Waals surface area contributed by atoms with Gasteiger partial charge < -0.3 is 9.64 Å². The van der Waals surface area contributed by atoms with E-state index in [4.69, 9.17) is 27.9 Å². The third-order valence-corrected chi connectivity index (χ3v) is 5.55. The highest BCUT2D eigenvalue weighted by Gasteiger charge is 2.69. The number of hydrogen-bond donors (Lipinski definition) is 0. The van der Waals surface area contributed by atoms with Gasteiger partial charge in [0.1, 0.15) is 9.75 Å². The molecule has 22 heavy (non-hydrogen) atoms. The largest absolute Gasteiger partial charge is 0.455 e. The molecule has 0 bridgehead atoms. The number of ether oxygens (including phenoxy) is 1. The van der Waals surface area contributed by atoms with Crippen molar-refractivity contribution in [1.82, 2.24) is 0 Å². The molecule has 0 saturated heterocycles. The lowest BCUT2D eigenvalue weighted by Crippen LogP contribution is -2.39. The molecule has 0 spiro atoms. The molecule has 1 saturated carbocycles. The molecule has 1 atom stereocenters. The Balaban J connectivity index is 1.63. The van der Waals surface area contributed by atoms with E-state index in [-0.39, 0.29) is 12.5 Å². The van der Waals surface area contributed by atoms with Crippen LogP contribution in [0.25, 0.3) is 0 Å². The van der Waals surface area contributed by atoms with E-state index in [2.05, 4.69) is 0 Å². The van der Waals surface area contributed by atoms with Crippen molar-refractivity contribution in [1.29, 1.82) is 0 Å². The summed E-state index contributed by atoms with van der Waals surface area (Å²) in [6, 6.07) is 7.79. The fraction of sp³-hybridized carbons (Fsp3) is 0.500. The first-order chi connectivity index (χ1) is 10.3. The van der Waals surface area contributed by atoms with Gasteiger partial charge in [-0.1, -0.05) is 18.2 Å². The fourth-order valence-electron chi connectivity index (χ4n) is 2.78. The van der Waals surface area contributed by atoms with Gasteiger partial charge in [0.05, 0.1) is 0 Å². The summed E-state index contributed by atoms with van der Waals surface area (Å²) in [5.74, 6) is -0.740. The van der Waals surface area contributed by atoms with E-state index in [1.807, 2.05) is 24.3 Å². The first-order valence-corrected chi connectivity index (χ1v) is 8.04. The Bertz CT molecular complexity index is 632. The molecule has 118 valence electrons. The fourth-order valence-corrected chi connectivity index (χ4v) is 3.47. The molecule has 0 aromatic heterocycles. The normalized spacial score (nSPS) is 25.3. The number of hydrogen-bond acceptors (Lipinski definition) is 3. The molecule has 1 heterocycles. The SMILES string of the molecule is CC1(C(=O)OCC(=O)N2CCCc3ccccc32)CC1(Cl)Cl. The summed E-state index contributed by atoms with van der Waals surface area (Å²) in [4.78, 5) is 26.0. The average molecular weight is 342 g/mol. The van der Waals surface area contributed by atoms with Crippen LogP contribution in [-0.4, -0.2) is 29.4 Å². The highest BCUT2D eigenvalue weighted by molar-refractivity contribution is 6.53. The molecule has 0 N–H and O–H groups in total. The number of anilines is 1. The zero-order valence-corrected chi connectivity index (χ0v) is 13.8. The van der Waals surface area contributed by atoms with Crippen molar-refractivity contribution in [3.05, 3.63) is 29.8 Å². The Morgan fingerprint density at radius 2 is 2.00 bits per heavy atom. The number of fused-ring (bicyclic) bond motifs is 1. The number of benzene rings is 1.